The third-order valence-corrected chi connectivity index (χ3v) is 2.29. The van der Waals surface area contributed by atoms with E-state index in [2.05, 4.69) is 15.5 Å². The minimum Gasteiger partial charge on any atom is -0.494 e. The zero-order chi connectivity index (χ0) is 12.1. The first-order valence-corrected chi connectivity index (χ1v) is 5.55. The quantitative estimate of drug-likeness (QED) is 0.816. The Hall–Kier alpha value is -1.95. The molecule has 2 rings (SSSR count). The zero-order valence-electron chi connectivity index (χ0n) is 9.71. The molecule has 0 aliphatic rings. The molecule has 0 amide bonds. The molecule has 1 heterocycles. The number of benzene rings is 1. The molecule has 1 aromatic heterocycles. The van der Waals surface area contributed by atoms with Gasteiger partial charge in [-0.05, 0) is 48.2 Å². The highest BCUT2D eigenvalue weighted by Crippen LogP contribution is 2.15. The van der Waals surface area contributed by atoms with Crippen LogP contribution < -0.4 is 10.5 Å². The molecule has 17 heavy (non-hydrogen) atoms. The molecule has 0 saturated carbocycles. The van der Waals surface area contributed by atoms with E-state index in [-0.39, 0.29) is 0 Å². The molecule has 1 aromatic carbocycles. The van der Waals surface area contributed by atoms with E-state index >= 15 is 0 Å². The maximum Gasteiger partial charge on any atom is 0.157 e. The predicted molar refractivity (Wildman–Crippen MR) is 63.1 cm³/mol. The predicted octanol–water partition coefficient (Wildman–Crippen LogP) is 0.562. The largest absolute Gasteiger partial charge is 0.494 e. The van der Waals surface area contributed by atoms with E-state index in [1.54, 1.807) is 4.68 Å². The molecule has 6 heteroatoms. The van der Waals surface area contributed by atoms with Gasteiger partial charge in [0, 0.05) is 6.42 Å². The van der Waals surface area contributed by atoms with Crippen molar-refractivity contribution >= 4 is 0 Å². The standard InChI is InChI=1S/C11H15N5O/c1-2-17-10-5-3-9(4-6-10)16-11(7-8-12)13-14-15-16/h3-6H,2,7-8,12H2,1H3. The molecule has 0 bridgehead atoms. The molecule has 0 aliphatic heterocycles. The van der Waals surface area contributed by atoms with Gasteiger partial charge in [-0.15, -0.1) is 5.10 Å². The summed E-state index contributed by atoms with van der Waals surface area (Å²) >= 11 is 0. The van der Waals surface area contributed by atoms with Gasteiger partial charge in [0.05, 0.1) is 12.3 Å². The molecule has 0 aliphatic carbocycles. The molecule has 0 unspecified atom stereocenters. The Kier molecular flexibility index (Phi) is 3.66. The first-order chi connectivity index (χ1) is 8.35. The van der Waals surface area contributed by atoms with Crippen LogP contribution in [0.5, 0.6) is 5.75 Å². The van der Waals surface area contributed by atoms with E-state index in [1.807, 2.05) is 31.2 Å². The van der Waals surface area contributed by atoms with Gasteiger partial charge < -0.3 is 10.5 Å². The summed E-state index contributed by atoms with van der Waals surface area (Å²) in [6.45, 7) is 3.13. The summed E-state index contributed by atoms with van der Waals surface area (Å²) in [5.41, 5.74) is 6.41. The van der Waals surface area contributed by atoms with Gasteiger partial charge in [0.2, 0.25) is 0 Å². The summed E-state index contributed by atoms with van der Waals surface area (Å²) in [4.78, 5) is 0. The van der Waals surface area contributed by atoms with Crippen LogP contribution in [0.1, 0.15) is 12.7 Å². The molecule has 0 spiro atoms. The van der Waals surface area contributed by atoms with Gasteiger partial charge in [0.15, 0.2) is 5.82 Å². The van der Waals surface area contributed by atoms with E-state index in [4.69, 9.17) is 10.5 Å². The zero-order valence-corrected chi connectivity index (χ0v) is 9.71. The van der Waals surface area contributed by atoms with Crippen LogP contribution >= 0.6 is 0 Å². The van der Waals surface area contributed by atoms with Gasteiger partial charge in [-0.1, -0.05) is 0 Å². The molecule has 0 saturated heterocycles. The number of nitrogens with two attached hydrogens (primary N) is 1. The van der Waals surface area contributed by atoms with Crippen molar-refractivity contribution < 1.29 is 4.74 Å². The second-order valence-corrected chi connectivity index (χ2v) is 3.47. The Bertz CT molecular complexity index is 465. The lowest BCUT2D eigenvalue weighted by Crippen LogP contribution is -2.09. The number of nitrogens with zero attached hydrogens (tertiary/aromatic N) is 4. The minimum atomic E-state index is 0.525. The molecule has 2 N–H and O–H groups in total. The van der Waals surface area contributed by atoms with Gasteiger partial charge in [-0.25, -0.2) is 0 Å². The second kappa shape index (κ2) is 5.40. The van der Waals surface area contributed by atoms with Crippen molar-refractivity contribution in [2.24, 2.45) is 5.73 Å². The molecule has 6 nitrogen and oxygen atoms in total. The SMILES string of the molecule is CCOc1ccc(-n2nnnc2CCN)cc1. The minimum absolute atomic E-state index is 0.525. The van der Waals surface area contributed by atoms with Crippen LogP contribution in [0.25, 0.3) is 5.69 Å². The lowest BCUT2D eigenvalue weighted by molar-refractivity contribution is 0.340. The van der Waals surface area contributed by atoms with Crippen molar-refractivity contribution in [2.75, 3.05) is 13.2 Å². The topological polar surface area (TPSA) is 78.8 Å². The maximum atomic E-state index is 5.50. The van der Waals surface area contributed by atoms with E-state index in [0.29, 0.717) is 19.6 Å². The lowest BCUT2D eigenvalue weighted by atomic mass is 10.3. The smallest absolute Gasteiger partial charge is 0.157 e. The van der Waals surface area contributed by atoms with Gasteiger partial charge in [0.25, 0.3) is 0 Å². The van der Waals surface area contributed by atoms with E-state index in [9.17, 15) is 0 Å². The number of ether oxygens (including phenoxy) is 1. The maximum absolute atomic E-state index is 5.50. The fraction of sp³-hybridized carbons (Fsp3) is 0.364. The third kappa shape index (κ3) is 2.59. The Balaban J connectivity index is 2.23. The summed E-state index contributed by atoms with van der Waals surface area (Å²) < 4.78 is 7.06. The molecule has 90 valence electrons. The fourth-order valence-electron chi connectivity index (χ4n) is 1.54. The summed E-state index contributed by atoms with van der Waals surface area (Å²) in [5, 5.41) is 11.5. The van der Waals surface area contributed by atoms with Gasteiger partial charge in [-0.3, -0.25) is 0 Å². The normalized spacial score (nSPS) is 10.5. The van der Waals surface area contributed by atoms with E-state index in [0.717, 1.165) is 17.3 Å². The van der Waals surface area contributed by atoms with Crippen molar-refractivity contribution in [3.63, 3.8) is 0 Å². The van der Waals surface area contributed by atoms with Crippen LogP contribution in [-0.2, 0) is 6.42 Å². The number of tetrazole rings is 1. The molecule has 2 aromatic rings. The van der Waals surface area contributed by atoms with Gasteiger partial charge >= 0.3 is 0 Å². The summed E-state index contributed by atoms with van der Waals surface area (Å²) in [6.07, 6.45) is 0.653. The fourth-order valence-corrected chi connectivity index (χ4v) is 1.54. The van der Waals surface area contributed by atoms with Gasteiger partial charge in [0.1, 0.15) is 5.75 Å². The number of hydrogen-bond acceptors (Lipinski definition) is 5. The van der Waals surface area contributed by atoms with Crippen molar-refractivity contribution in [2.45, 2.75) is 13.3 Å². The Morgan fingerprint density at radius 3 is 2.71 bits per heavy atom. The average molecular weight is 233 g/mol. The van der Waals surface area contributed by atoms with Crippen molar-refractivity contribution in [3.8, 4) is 11.4 Å². The Morgan fingerprint density at radius 2 is 2.06 bits per heavy atom. The van der Waals surface area contributed by atoms with Crippen LogP contribution in [0.3, 0.4) is 0 Å². The van der Waals surface area contributed by atoms with Crippen LogP contribution in [-0.4, -0.2) is 33.4 Å². The average Bonchev–Trinajstić information content (AvgIpc) is 2.79. The summed E-state index contributed by atoms with van der Waals surface area (Å²) in [6, 6.07) is 7.63. The highest BCUT2D eigenvalue weighted by Gasteiger charge is 2.06. The number of hydrogen-bond donors (Lipinski definition) is 1. The van der Waals surface area contributed by atoms with Crippen molar-refractivity contribution in [3.05, 3.63) is 30.1 Å². The first kappa shape index (κ1) is 11.5. The number of aromatic nitrogens is 4. The van der Waals surface area contributed by atoms with E-state index in [1.165, 1.54) is 0 Å². The molecule has 0 radical (unpaired) electrons. The molecule has 0 fully saturated rings. The Morgan fingerprint density at radius 1 is 1.29 bits per heavy atom. The third-order valence-electron chi connectivity index (χ3n) is 2.29. The van der Waals surface area contributed by atoms with Gasteiger partial charge in [-0.2, -0.15) is 4.68 Å². The highest BCUT2D eigenvalue weighted by molar-refractivity contribution is 5.37. The second-order valence-electron chi connectivity index (χ2n) is 3.47. The Labute approximate surface area is 99.4 Å². The summed E-state index contributed by atoms with van der Waals surface area (Å²) in [5.74, 6) is 1.60. The van der Waals surface area contributed by atoms with Crippen LogP contribution in [0.2, 0.25) is 0 Å². The van der Waals surface area contributed by atoms with Crippen LogP contribution in [0, 0.1) is 0 Å². The summed E-state index contributed by atoms with van der Waals surface area (Å²) in [7, 11) is 0. The molecule has 0 atom stereocenters. The van der Waals surface area contributed by atoms with Crippen LogP contribution in [0.15, 0.2) is 24.3 Å². The first-order valence-electron chi connectivity index (χ1n) is 5.55. The van der Waals surface area contributed by atoms with Crippen LogP contribution in [0.4, 0.5) is 0 Å². The number of rotatable bonds is 5. The molecular weight excluding hydrogens is 218 g/mol. The van der Waals surface area contributed by atoms with E-state index < -0.39 is 0 Å². The van der Waals surface area contributed by atoms with Crippen molar-refractivity contribution in [1.82, 2.24) is 20.2 Å². The lowest BCUT2D eigenvalue weighted by Gasteiger charge is -2.06. The molecular formula is C11H15N5O. The highest BCUT2D eigenvalue weighted by atomic mass is 16.5. The monoisotopic (exact) mass is 233 g/mol. The van der Waals surface area contributed by atoms with Crippen molar-refractivity contribution in [1.29, 1.82) is 0 Å².